The van der Waals surface area contributed by atoms with E-state index in [2.05, 4.69) is 37.5 Å². The second kappa shape index (κ2) is 12.0. The molecule has 3 aromatic rings. The van der Waals surface area contributed by atoms with Crippen molar-refractivity contribution in [1.29, 1.82) is 0 Å². The summed E-state index contributed by atoms with van der Waals surface area (Å²) >= 11 is 0. The lowest BCUT2D eigenvalue weighted by molar-refractivity contribution is -0.136. The minimum absolute atomic E-state index is 0.137. The number of fused-ring (bicyclic) bond motifs is 1. The van der Waals surface area contributed by atoms with Crippen molar-refractivity contribution in [2.45, 2.75) is 57.3 Å². The first kappa shape index (κ1) is 30.2. The molecule has 0 atom stereocenters. The van der Waals surface area contributed by atoms with Gasteiger partial charge in [-0.2, -0.15) is 17.5 Å². The maximum absolute atomic E-state index is 13.5. The van der Waals surface area contributed by atoms with Crippen molar-refractivity contribution >= 4 is 21.0 Å². The molecule has 0 saturated carbocycles. The summed E-state index contributed by atoms with van der Waals surface area (Å²) in [6.07, 6.45) is -4.41. The largest absolute Gasteiger partial charge is 0.423 e. The third-order valence-corrected chi connectivity index (χ3v) is 9.33. The Morgan fingerprint density at radius 2 is 1.50 bits per heavy atom. The maximum atomic E-state index is 13.5. The van der Waals surface area contributed by atoms with E-state index >= 15 is 0 Å². The molecule has 7 nitrogen and oxygen atoms in total. The first-order chi connectivity index (χ1) is 18.8. The first-order valence-electron chi connectivity index (χ1n) is 13.5. The van der Waals surface area contributed by atoms with E-state index in [-0.39, 0.29) is 22.3 Å². The van der Waals surface area contributed by atoms with E-state index < -0.39 is 27.4 Å². The van der Waals surface area contributed by atoms with Crippen molar-refractivity contribution in [2.75, 3.05) is 39.3 Å². The van der Waals surface area contributed by atoms with Gasteiger partial charge in [-0.3, -0.25) is 9.80 Å². The van der Waals surface area contributed by atoms with Gasteiger partial charge in [0.25, 0.3) is 0 Å². The summed E-state index contributed by atoms with van der Waals surface area (Å²) in [5.41, 5.74) is -0.919. The normalized spacial score (nSPS) is 16.1. The Labute approximate surface area is 233 Å². The molecule has 0 amide bonds. The highest BCUT2D eigenvalue weighted by molar-refractivity contribution is 7.89. The second-order valence-corrected chi connectivity index (χ2v) is 12.7. The molecule has 0 aliphatic carbocycles. The van der Waals surface area contributed by atoms with Crippen LogP contribution in [0.15, 0.2) is 62.6 Å². The van der Waals surface area contributed by atoms with Gasteiger partial charge in [0.15, 0.2) is 0 Å². The minimum atomic E-state index is -4.70. The minimum Gasteiger partial charge on any atom is -0.423 e. The highest BCUT2D eigenvalue weighted by atomic mass is 32.2. The van der Waals surface area contributed by atoms with Crippen molar-refractivity contribution in [1.82, 2.24) is 14.1 Å². The van der Waals surface area contributed by atoms with Crippen LogP contribution in [0.3, 0.4) is 0 Å². The summed E-state index contributed by atoms with van der Waals surface area (Å²) in [6, 6.07) is 12.1. The Balaban J connectivity index is 1.41. The Morgan fingerprint density at radius 1 is 0.900 bits per heavy atom. The van der Waals surface area contributed by atoms with Crippen LogP contribution in [0, 0.1) is 0 Å². The van der Waals surface area contributed by atoms with Crippen LogP contribution >= 0.6 is 0 Å². The lowest BCUT2D eigenvalue weighted by Gasteiger charge is -2.37. The third kappa shape index (κ3) is 6.94. The predicted molar refractivity (Wildman–Crippen MR) is 149 cm³/mol. The zero-order valence-electron chi connectivity index (χ0n) is 23.2. The van der Waals surface area contributed by atoms with Crippen molar-refractivity contribution in [3.63, 3.8) is 0 Å². The molecule has 1 aliphatic heterocycles. The van der Waals surface area contributed by atoms with E-state index in [0.29, 0.717) is 49.9 Å². The number of rotatable bonds is 9. The molecule has 218 valence electrons. The van der Waals surface area contributed by atoms with Gasteiger partial charge in [-0.25, -0.2) is 13.2 Å². The molecular formula is C29H36F3N3O4S. The van der Waals surface area contributed by atoms with Crippen LogP contribution in [0.4, 0.5) is 13.2 Å². The maximum Gasteiger partial charge on any atom is 0.417 e. The molecule has 0 spiro atoms. The molecule has 0 unspecified atom stereocenters. The average Bonchev–Trinajstić information content (AvgIpc) is 2.88. The number of hydrogen-bond acceptors (Lipinski definition) is 6. The molecule has 1 aliphatic rings. The summed E-state index contributed by atoms with van der Waals surface area (Å²) in [7, 11) is -3.66. The quantitative estimate of drug-likeness (QED) is 0.338. The smallest absolute Gasteiger partial charge is 0.417 e. The number of hydrogen-bond donors (Lipinski definition) is 0. The fourth-order valence-electron chi connectivity index (χ4n) is 5.28. The van der Waals surface area contributed by atoms with Crippen LogP contribution in [0.25, 0.3) is 11.0 Å². The fourth-order valence-corrected chi connectivity index (χ4v) is 6.70. The van der Waals surface area contributed by atoms with Crippen LogP contribution in [-0.2, 0) is 22.6 Å². The van der Waals surface area contributed by atoms with Crippen LogP contribution in [-0.4, -0.2) is 73.9 Å². The van der Waals surface area contributed by atoms with Crippen molar-refractivity contribution in [2.24, 2.45) is 0 Å². The van der Waals surface area contributed by atoms with Gasteiger partial charge in [0.05, 0.1) is 10.5 Å². The lowest BCUT2D eigenvalue weighted by atomic mass is 10.0. The fraction of sp³-hybridized carbons (Fsp3) is 0.483. The highest BCUT2D eigenvalue weighted by Crippen LogP contribution is 2.34. The number of alkyl halides is 3. The van der Waals surface area contributed by atoms with Gasteiger partial charge in [0, 0.05) is 62.8 Å². The number of piperazine rings is 1. The summed E-state index contributed by atoms with van der Waals surface area (Å²) < 4.78 is 73.4. The Kier molecular flexibility index (Phi) is 9.08. The van der Waals surface area contributed by atoms with E-state index in [1.54, 1.807) is 30.3 Å². The molecule has 1 fully saturated rings. The zero-order valence-corrected chi connectivity index (χ0v) is 24.1. The summed E-state index contributed by atoms with van der Waals surface area (Å²) in [5, 5.41) is -0.191. The summed E-state index contributed by atoms with van der Waals surface area (Å²) in [6.45, 7) is 12.7. The molecule has 11 heteroatoms. The van der Waals surface area contributed by atoms with Gasteiger partial charge < -0.3 is 4.42 Å². The first-order valence-corrected chi connectivity index (χ1v) is 14.9. The van der Waals surface area contributed by atoms with E-state index in [4.69, 9.17) is 4.42 Å². The molecule has 1 saturated heterocycles. The van der Waals surface area contributed by atoms with E-state index in [0.717, 1.165) is 18.7 Å². The van der Waals surface area contributed by atoms with E-state index in [9.17, 15) is 26.4 Å². The SMILES string of the molecule is CC(C)N(CCN1CCN(S(=O)(=O)c2ccc(Cc3ccc4oc(=O)cc(C(F)(F)F)c4c3)cc2)CC1)C(C)C. The van der Waals surface area contributed by atoms with Crippen LogP contribution in [0.1, 0.15) is 44.4 Å². The Morgan fingerprint density at radius 3 is 2.08 bits per heavy atom. The van der Waals surface area contributed by atoms with Gasteiger partial charge in [-0.1, -0.05) is 18.2 Å². The summed E-state index contributed by atoms with van der Waals surface area (Å²) in [5.74, 6) is 0. The molecule has 40 heavy (non-hydrogen) atoms. The predicted octanol–water partition coefficient (Wildman–Crippen LogP) is 4.83. The monoisotopic (exact) mass is 579 g/mol. The second-order valence-electron chi connectivity index (χ2n) is 10.8. The average molecular weight is 580 g/mol. The highest BCUT2D eigenvalue weighted by Gasteiger charge is 2.34. The number of sulfonamides is 1. The molecule has 1 aromatic heterocycles. The van der Waals surface area contributed by atoms with Gasteiger partial charge in [-0.05, 0) is 69.5 Å². The van der Waals surface area contributed by atoms with E-state index in [1.165, 1.54) is 16.4 Å². The van der Waals surface area contributed by atoms with Gasteiger partial charge in [0.1, 0.15) is 5.58 Å². The van der Waals surface area contributed by atoms with Gasteiger partial charge in [-0.15, -0.1) is 0 Å². The third-order valence-electron chi connectivity index (χ3n) is 7.41. The van der Waals surface area contributed by atoms with Crippen molar-refractivity contribution in [3.8, 4) is 0 Å². The van der Waals surface area contributed by atoms with Crippen molar-refractivity contribution in [3.05, 3.63) is 75.6 Å². The number of nitrogens with zero attached hydrogens (tertiary/aromatic N) is 3. The van der Waals surface area contributed by atoms with Crippen LogP contribution in [0.2, 0.25) is 0 Å². The topological polar surface area (TPSA) is 74.1 Å². The Hall–Kier alpha value is -2.73. The van der Waals surface area contributed by atoms with Gasteiger partial charge in [0.2, 0.25) is 10.0 Å². The molecule has 4 rings (SSSR count). The Bertz CT molecular complexity index is 1470. The lowest BCUT2D eigenvalue weighted by Crippen LogP contribution is -2.51. The molecule has 2 aromatic carbocycles. The molecule has 2 heterocycles. The molecular weight excluding hydrogens is 543 g/mol. The standard InChI is InChI=1S/C29H36F3N3O4S/c1-20(2)35(21(3)4)16-13-33-11-14-34(15-12-33)40(37,38)24-8-5-22(6-9-24)17-23-7-10-27-25(18-23)26(29(30,31)32)19-28(36)39-27/h5-10,18-21H,11-17H2,1-4H3. The van der Waals surface area contributed by atoms with Crippen molar-refractivity contribution < 1.29 is 26.0 Å². The summed E-state index contributed by atoms with van der Waals surface area (Å²) in [4.78, 5) is 16.5. The van der Waals surface area contributed by atoms with Crippen LogP contribution < -0.4 is 5.63 Å². The van der Waals surface area contributed by atoms with Gasteiger partial charge >= 0.3 is 11.8 Å². The number of benzene rings is 2. The molecule has 0 N–H and O–H groups in total. The number of halogens is 3. The van der Waals surface area contributed by atoms with E-state index in [1.807, 2.05) is 0 Å². The molecule has 0 radical (unpaired) electrons. The van der Waals surface area contributed by atoms with Crippen LogP contribution in [0.5, 0.6) is 0 Å². The zero-order chi connectivity index (χ0) is 29.2. The molecule has 0 bridgehead atoms.